The van der Waals surface area contributed by atoms with Gasteiger partial charge in [-0.2, -0.15) is 0 Å². The van der Waals surface area contributed by atoms with E-state index in [1.165, 1.54) is 0 Å². The Bertz CT molecular complexity index is 6820. The Morgan fingerprint density at radius 2 is 0.191 bits per heavy atom. The lowest BCUT2D eigenvalue weighted by Gasteiger charge is -2.26. The molecule has 0 saturated heterocycles. The van der Waals surface area contributed by atoms with Crippen molar-refractivity contribution in [3.63, 3.8) is 0 Å². The molecule has 8 nitrogen and oxygen atoms in total. The van der Waals surface area contributed by atoms with Gasteiger partial charge in [0.2, 0.25) is 9.84 Å². The predicted octanol–water partition coefficient (Wildman–Crippen LogP) is 36.4. The number of sulfone groups is 1. The number of rotatable bonds is 32. The molecule has 0 unspecified atom stereocenters. The molecule has 0 bridgehead atoms. The average molecular weight is 1830 g/mol. The van der Waals surface area contributed by atoms with Crippen LogP contribution in [0.4, 0.5) is 102 Å². The summed E-state index contributed by atoms with van der Waals surface area (Å²) in [5, 5.41) is 0. The van der Waals surface area contributed by atoms with E-state index in [2.05, 4.69) is 527 Å². The van der Waals surface area contributed by atoms with Crippen LogP contribution in [-0.2, 0) is 9.84 Å². The van der Waals surface area contributed by atoms with E-state index >= 15 is 0 Å². The van der Waals surface area contributed by atoms with Crippen LogP contribution in [0.15, 0.2) is 544 Å². The van der Waals surface area contributed by atoms with Crippen molar-refractivity contribution in [2.45, 2.75) is 9.79 Å². The monoisotopic (exact) mass is 1830 g/mol. The third-order valence-corrected chi connectivity index (χ3v) is 26.6. The lowest BCUT2D eigenvalue weighted by atomic mass is 10.1. The first-order valence-electron chi connectivity index (χ1n) is 47.4. The van der Waals surface area contributed by atoms with Gasteiger partial charge in [0, 0.05) is 102 Å². The molecule has 0 atom stereocenters. The fraction of sp³-hybridized carbons (Fsp3) is 0. The van der Waals surface area contributed by atoms with Gasteiger partial charge in [0.1, 0.15) is 0 Å². The molecule has 9 heteroatoms. The predicted molar refractivity (Wildman–Crippen MR) is 599 cm³/mol. The summed E-state index contributed by atoms with van der Waals surface area (Å²) in [4.78, 5) is 14.1. The molecule has 0 radical (unpaired) electrons. The van der Waals surface area contributed by atoms with E-state index in [-0.39, 0.29) is 9.79 Å². The van der Waals surface area contributed by atoms with Crippen LogP contribution in [0.1, 0.15) is 66.8 Å². The van der Waals surface area contributed by atoms with E-state index in [4.69, 9.17) is 0 Å². The zero-order valence-electron chi connectivity index (χ0n) is 77.6. The van der Waals surface area contributed by atoms with Crippen LogP contribution < -0.4 is 29.4 Å². The second-order valence-electron chi connectivity index (χ2n) is 34.3. The van der Waals surface area contributed by atoms with Crippen molar-refractivity contribution in [2.75, 3.05) is 29.4 Å². The topological polar surface area (TPSA) is 53.6 Å². The molecule has 0 N–H and O–H groups in total. The minimum Gasteiger partial charge on any atom is -0.311 e. The van der Waals surface area contributed by atoms with Crippen molar-refractivity contribution >= 4 is 185 Å². The van der Waals surface area contributed by atoms with Crippen molar-refractivity contribution in [1.29, 1.82) is 0 Å². The van der Waals surface area contributed by atoms with E-state index in [0.717, 1.165) is 169 Å². The molecule has 0 spiro atoms. The largest absolute Gasteiger partial charge is 0.311 e. The van der Waals surface area contributed by atoms with Gasteiger partial charge < -0.3 is 29.4 Å². The van der Waals surface area contributed by atoms with Gasteiger partial charge in [-0.15, -0.1) is 0 Å². The second kappa shape index (κ2) is 43.5. The van der Waals surface area contributed by atoms with E-state index in [1.54, 1.807) is 24.3 Å². The maximum Gasteiger partial charge on any atom is 0.206 e. The summed E-state index contributed by atoms with van der Waals surface area (Å²) in [6.45, 7) is 0. The van der Waals surface area contributed by atoms with Gasteiger partial charge in [-0.3, -0.25) is 0 Å². The summed E-state index contributed by atoms with van der Waals surface area (Å²) < 4.78 is 28.7. The number of anilines is 18. The van der Waals surface area contributed by atoms with Gasteiger partial charge in [0.15, 0.2) is 0 Å². The van der Waals surface area contributed by atoms with Gasteiger partial charge in [0.05, 0.1) is 9.79 Å². The fourth-order valence-corrected chi connectivity index (χ4v) is 18.7. The molecule has 0 heterocycles. The Hall–Kier alpha value is -18.4. The third-order valence-electron chi connectivity index (χ3n) is 24.8. The van der Waals surface area contributed by atoms with Gasteiger partial charge in [-0.05, 0) is 309 Å². The van der Waals surface area contributed by atoms with E-state index in [1.807, 2.05) is 84.9 Å². The maximum absolute atomic E-state index is 14.3. The molecular weight excluding hydrogens is 1730 g/mol. The number of hydrogen-bond acceptors (Lipinski definition) is 8. The van der Waals surface area contributed by atoms with Crippen LogP contribution in [0.3, 0.4) is 0 Å². The highest BCUT2D eigenvalue weighted by Gasteiger charge is 2.22. The number of para-hydroxylation sites is 8. The zero-order chi connectivity index (χ0) is 95.1. The molecule has 20 aromatic carbocycles. The summed E-state index contributed by atoms with van der Waals surface area (Å²) >= 11 is 0. The Kier molecular flexibility index (Phi) is 27.9. The SMILES string of the molecule is O=S(=O)(c1ccc(/C=C/c2ccc(N(c3ccc(/C=C/c4ccc(N(c5ccccc5)c5ccccc5)cc4)cc3)c3ccc(/C=C/c4ccc(N(c5ccccc5)c5ccccc5)cc4)cc3)cc2)cc1)c1ccc(/C=C/c2ccc(N(c3ccc(/C=C/c4ccc(N(c5ccccc5)c5ccccc5)cc4)cc3)c3ccc(/C=C/c4ccc(N(c5ccccc5)c5ccccc5)cc4)cc3)cc2)cc1. The van der Waals surface area contributed by atoms with Crippen molar-refractivity contribution in [3.8, 4) is 0 Å². The van der Waals surface area contributed by atoms with Crippen molar-refractivity contribution in [1.82, 2.24) is 0 Å². The summed E-state index contributed by atoms with van der Waals surface area (Å²) in [7, 11) is -3.84. The van der Waals surface area contributed by atoms with E-state index in [9.17, 15) is 8.42 Å². The normalized spacial score (nSPS) is 11.6. The van der Waals surface area contributed by atoms with Crippen LogP contribution in [0, 0.1) is 0 Å². The van der Waals surface area contributed by atoms with Gasteiger partial charge in [-0.1, -0.05) is 364 Å². The number of benzene rings is 20. The van der Waals surface area contributed by atoms with Crippen molar-refractivity contribution in [2.24, 2.45) is 0 Å². The van der Waals surface area contributed by atoms with E-state index < -0.39 is 9.84 Å². The highest BCUT2D eigenvalue weighted by atomic mass is 32.2. The first-order chi connectivity index (χ1) is 69.6. The van der Waals surface area contributed by atoms with Crippen molar-refractivity contribution < 1.29 is 8.42 Å². The quantitative estimate of drug-likeness (QED) is 0.0387. The molecule has 141 heavy (non-hydrogen) atoms. The van der Waals surface area contributed by atoms with Gasteiger partial charge in [0.25, 0.3) is 0 Å². The van der Waals surface area contributed by atoms with Crippen LogP contribution >= 0.6 is 0 Å². The standard InChI is InChI=1S/C132H100N6O2S/c139-141(140,131-97-73-111(74-98-131)51-49-109-69-93-129(94-70-109)137(125-85-61-105(62-86-125)45-41-101-53-77-121(78-54-101)133(113-25-9-1-10-26-113)114-27-11-2-12-28-114)126-87-63-106(64-88-126)46-42-102-55-79-122(80-56-102)134(115-29-13-3-14-30-115)116-31-15-4-16-32-116)132-99-75-112(76-100-132)52-50-110-71-95-130(96-72-110)138(127-89-65-107(66-90-127)47-43-103-57-81-123(82-58-103)135(117-33-17-5-18-34-117)118-35-19-6-20-36-118)128-91-67-108(68-92-128)48-44-104-59-83-124(84-60-104)136(119-37-21-7-22-38-119)120-39-23-8-24-40-120/h1-100H/b45-41+,46-42+,47-43+,48-44+,51-49+,52-50+. The lowest BCUT2D eigenvalue weighted by molar-refractivity contribution is 0.596. The highest BCUT2D eigenvalue weighted by Crippen LogP contribution is 2.43. The number of nitrogens with zero attached hydrogens (tertiary/aromatic N) is 6. The molecule has 0 saturated carbocycles. The highest BCUT2D eigenvalue weighted by molar-refractivity contribution is 7.91. The molecule has 0 aliphatic heterocycles. The molecule has 20 aromatic rings. The van der Waals surface area contributed by atoms with Gasteiger partial charge in [-0.25, -0.2) is 8.42 Å². The molecule has 0 amide bonds. The second-order valence-corrected chi connectivity index (χ2v) is 36.2. The van der Waals surface area contributed by atoms with Crippen LogP contribution in [0.5, 0.6) is 0 Å². The molecule has 20 rings (SSSR count). The third kappa shape index (κ3) is 22.2. The minimum atomic E-state index is -3.84. The molecule has 0 aliphatic carbocycles. The van der Waals surface area contributed by atoms with Gasteiger partial charge >= 0.3 is 0 Å². The minimum absolute atomic E-state index is 0.220. The summed E-state index contributed by atoms with van der Waals surface area (Å²) in [6, 6.07) is 184. The first-order valence-corrected chi connectivity index (χ1v) is 48.9. The Balaban J connectivity index is 0.505. The summed E-state index contributed by atoms with van der Waals surface area (Å²) in [6.07, 6.45) is 25.4. The zero-order valence-corrected chi connectivity index (χ0v) is 78.5. The van der Waals surface area contributed by atoms with Crippen LogP contribution in [0.25, 0.3) is 72.9 Å². The summed E-state index contributed by atoms with van der Waals surface area (Å²) in [5.41, 5.74) is 31.5. The molecular formula is C132H100N6O2S. The smallest absolute Gasteiger partial charge is 0.206 e. The molecule has 676 valence electrons. The maximum atomic E-state index is 14.3. The van der Waals surface area contributed by atoms with Crippen LogP contribution in [-0.4, -0.2) is 8.42 Å². The molecule has 0 fully saturated rings. The first kappa shape index (κ1) is 90.4. The van der Waals surface area contributed by atoms with E-state index in [0.29, 0.717) is 0 Å². The lowest BCUT2D eigenvalue weighted by Crippen LogP contribution is -2.09. The van der Waals surface area contributed by atoms with Crippen molar-refractivity contribution in [3.05, 3.63) is 601 Å². The Morgan fingerprint density at radius 3 is 0.291 bits per heavy atom. The van der Waals surface area contributed by atoms with Crippen LogP contribution in [0.2, 0.25) is 0 Å². The molecule has 0 aromatic heterocycles. The summed E-state index contributed by atoms with van der Waals surface area (Å²) in [5.74, 6) is 0. The fourth-order valence-electron chi connectivity index (χ4n) is 17.5. The molecule has 0 aliphatic rings. The number of hydrogen-bond donors (Lipinski definition) is 0. The average Bonchev–Trinajstić information content (AvgIpc) is 0.881. The Labute approximate surface area is 827 Å². The Morgan fingerprint density at radius 1 is 0.106 bits per heavy atom.